The highest BCUT2D eigenvalue weighted by molar-refractivity contribution is 7.89. The van der Waals surface area contributed by atoms with Gasteiger partial charge in [-0.2, -0.15) is 0 Å². The number of aryl methyl sites for hydroxylation is 1. The van der Waals surface area contributed by atoms with Gasteiger partial charge in [0.15, 0.2) is 0 Å². The van der Waals surface area contributed by atoms with Crippen LogP contribution in [0.15, 0.2) is 29.6 Å². The minimum atomic E-state index is -3.81. The Hall–Kier alpha value is -2.13. The first-order valence-electron chi connectivity index (χ1n) is 5.72. The Bertz CT molecular complexity index is 718. The first-order chi connectivity index (χ1) is 9.31. The number of H-pyrrole nitrogens is 1. The standard InChI is InChI=1S/C11H14N4O4S/c1-7(10-12-3-4-13-10)14-20(18,19)8-5-9(11(16)17)15(2)6-8/h3-7,14H,1-2H3,(H,12,13)(H,16,17). The number of aromatic amines is 1. The van der Waals surface area contributed by atoms with Crippen molar-refractivity contribution in [2.24, 2.45) is 7.05 Å². The van der Waals surface area contributed by atoms with Gasteiger partial charge in [0.2, 0.25) is 10.0 Å². The van der Waals surface area contributed by atoms with Crippen molar-refractivity contribution in [3.8, 4) is 0 Å². The second kappa shape index (κ2) is 5.10. The van der Waals surface area contributed by atoms with Crippen LogP contribution in [0, 0.1) is 0 Å². The monoisotopic (exact) mass is 298 g/mol. The summed E-state index contributed by atoms with van der Waals surface area (Å²) in [7, 11) is -2.34. The van der Waals surface area contributed by atoms with Gasteiger partial charge in [0.05, 0.1) is 6.04 Å². The van der Waals surface area contributed by atoms with E-state index in [4.69, 9.17) is 5.11 Å². The predicted molar refractivity (Wildman–Crippen MR) is 69.7 cm³/mol. The number of rotatable bonds is 5. The Balaban J connectivity index is 2.27. The van der Waals surface area contributed by atoms with E-state index in [0.29, 0.717) is 5.82 Å². The summed E-state index contributed by atoms with van der Waals surface area (Å²) < 4.78 is 28.0. The van der Waals surface area contributed by atoms with Crippen LogP contribution in [0.4, 0.5) is 0 Å². The molecule has 0 aliphatic heterocycles. The minimum Gasteiger partial charge on any atom is -0.477 e. The molecule has 0 saturated heterocycles. The Labute approximate surface area is 115 Å². The molecule has 108 valence electrons. The molecule has 0 radical (unpaired) electrons. The molecule has 2 heterocycles. The fourth-order valence-corrected chi connectivity index (χ4v) is 3.04. The lowest BCUT2D eigenvalue weighted by Crippen LogP contribution is -2.27. The molecule has 8 nitrogen and oxygen atoms in total. The summed E-state index contributed by atoms with van der Waals surface area (Å²) in [5, 5.41) is 8.93. The molecular formula is C11H14N4O4S. The number of hydrogen-bond donors (Lipinski definition) is 3. The lowest BCUT2D eigenvalue weighted by molar-refractivity contribution is 0.0686. The van der Waals surface area contributed by atoms with Gasteiger partial charge in [0, 0.05) is 25.6 Å². The van der Waals surface area contributed by atoms with Crippen molar-refractivity contribution in [1.82, 2.24) is 19.3 Å². The molecule has 3 N–H and O–H groups in total. The topological polar surface area (TPSA) is 117 Å². The molecule has 9 heteroatoms. The van der Waals surface area contributed by atoms with Crippen LogP contribution in [-0.4, -0.2) is 34.0 Å². The molecule has 2 aromatic rings. The van der Waals surface area contributed by atoms with Crippen molar-refractivity contribution in [3.05, 3.63) is 36.2 Å². The van der Waals surface area contributed by atoms with E-state index in [9.17, 15) is 13.2 Å². The molecule has 0 aromatic carbocycles. The molecule has 0 amide bonds. The van der Waals surface area contributed by atoms with Crippen LogP contribution in [0.1, 0.15) is 29.3 Å². The van der Waals surface area contributed by atoms with Gasteiger partial charge in [-0.05, 0) is 13.0 Å². The Morgan fingerprint density at radius 3 is 2.75 bits per heavy atom. The molecule has 0 spiro atoms. The zero-order valence-electron chi connectivity index (χ0n) is 10.9. The number of sulfonamides is 1. The molecule has 1 atom stereocenters. The van der Waals surface area contributed by atoms with Gasteiger partial charge >= 0.3 is 5.97 Å². The van der Waals surface area contributed by atoms with E-state index in [1.54, 1.807) is 13.1 Å². The van der Waals surface area contributed by atoms with Gasteiger partial charge in [-0.1, -0.05) is 0 Å². The van der Waals surface area contributed by atoms with E-state index in [1.807, 2.05) is 0 Å². The number of carbonyl (C=O) groups is 1. The largest absolute Gasteiger partial charge is 0.477 e. The molecule has 1 unspecified atom stereocenters. The first kappa shape index (κ1) is 14.3. The Kier molecular flexibility index (Phi) is 3.64. The number of hydrogen-bond acceptors (Lipinski definition) is 4. The van der Waals surface area contributed by atoms with Crippen LogP contribution in [0.25, 0.3) is 0 Å². The number of imidazole rings is 1. The molecule has 2 rings (SSSR count). The third-order valence-corrected chi connectivity index (χ3v) is 4.28. The van der Waals surface area contributed by atoms with Crippen LogP contribution in [0.2, 0.25) is 0 Å². The lowest BCUT2D eigenvalue weighted by atomic mass is 10.3. The molecule has 0 aliphatic carbocycles. The van der Waals surface area contributed by atoms with Crippen LogP contribution < -0.4 is 4.72 Å². The third kappa shape index (κ3) is 2.73. The van der Waals surface area contributed by atoms with Gasteiger partial charge in [-0.3, -0.25) is 0 Å². The van der Waals surface area contributed by atoms with E-state index >= 15 is 0 Å². The van der Waals surface area contributed by atoms with E-state index in [1.165, 1.54) is 24.0 Å². The van der Waals surface area contributed by atoms with Crippen LogP contribution in [0.5, 0.6) is 0 Å². The summed E-state index contributed by atoms with van der Waals surface area (Å²) in [5.41, 5.74) is -0.101. The minimum absolute atomic E-state index is 0.101. The van der Waals surface area contributed by atoms with Crippen molar-refractivity contribution in [3.63, 3.8) is 0 Å². The average Bonchev–Trinajstić information content (AvgIpc) is 2.96. The predicted octanol–water partition coefficient (Wildman–Crippen LogP) is 0.486. The third-order valence-electron chi connectivity index (χ3n) is 2.77. The molecule has 0 saturated carbocycles. The maximum absolute atomic E-state index is 12.2. The van der Waals surface area contributed by atoms with E-state index < -0.39 is 22.0 Å². The van der Waals surface area contributed by atoms with Gasteiger partial charge < -0.3 is 14.7 Å². The number of carboxylic acids is 1. The van der Waals surface area contributed by atoms with Crippen LogP contribution in [0.3, 0.4) is 0 Å². The van der Waals surface area contributed by atoms with Crippen molar-refractivity contribution < 1.29 is 18.3 Å². The highest BCUT2D eigenvalue weighted by atomic mass is 32.2. The molecule has 2 aromatic heterocycles. The zero-order chi connectivity index (χ0) is 14.9. The van der Waals surface area contributed by atoms with Gasteiger partial charge in [0.25, 0.3) is 0 Å². The van der Waals surface area contributed by atoms with Crippen LogP contribution >= 0.6 is 0 Å². The molecule has 0 fully saturated rings. The summed E-state index contributed by atoms with van der Waals surface area (Å²) in [6, 6.07) is 0.558. The van der Waals surface area contributed by atoms with E-state index in [0.717, 1.165) is 6.07 Å². The fraction of sp³-hybridized carbons (Fsp3) is 0.273. The number of carboxylic acid groups (broad SMARTS) is 1. The average molecular weight is 298 g/mol. The SMILES string of the molecule is CC(NS(=O)(=O)c1cc(C(=O)O)n(C)c1)c1ncc[nH]1. The maximum atomic E-state index is 12.2. The number of aromatic nitrogens is 3. The highest BCUT2D eigenvalue weighted by Crippen LogP contribution is 2.16. The van der Waals surface area contributed by atoms with Crippen molar-refractivity contribution in [1.29, 1.82) is 0 Å². The summed E-state index contributed by atoms with van der Waals surface area (Å²) in [4.78, 5) is 17.6. The first-order valence-corrected chi connectivity index (χ1v) is 7.21. The van der Waals surface area contributed by atoms with E-state index in [-0.39, 0.29) is 10.6 Å². The number of nitrogens with zero attached hydrogens (tertiary/aromatic N) is 2. The summed E-state index contributed by atoms with van der Waals surface area (Å²) in [5.74, 6) is -0.712. The normalized spacial score (nSPS) is 13.3. The summed E-state index contributed by atoms with van der Waals surface area (Å²) in [6.07, 6.45) is 4.36. The smallest absolute Gasteiger partial charge is 0.352 e. The van der Waals surface area contributed by atoms with Crippen molar-refractivity contribution in [2.75, 3.05) is 0 Å². The second-order valence-electron chi connectivity index (χ2n) is 4.29. The fourth-order valence-electron chi connectivity index (χ4n) is 1.76. The Morgan fingerprint density at radius 1 is 1.55 bits per heavy atom. The Morgan fingerprint density at radius 2 is 2.25 bits per heavy atom. The van der Waals surface area contributed by atoms with Gasteiger partial charge in [-0.15, -0.1) is 0 Å². The van der Waals surface area contributed by atoms with Gasteiger partial charge in [-0.25, -0.2) is 22.9 Å². The second-order valence-corrected chi connectivity index (χ2v) is 6.01. The molecule has 20 heavy (non-hydrogen) atoms. The summed E-state index contributed by atoms with van der Waals surface area (Å²) in [6.45, 7) is 1.64. The quantitative estimate of drug-likeness (QED) is 0.742. The van der Waals surface area contributed by atoms with Gasteiger partial charge in [0.1, 0.15) is 16.4 Å². The van der Waals surface area contributed by atoms with Crippen molar-refractivity contribution in [2.45, 2.75) is 17.9 Å². The number of aromatic carboxylic acids is 1. The summed E-state index contributed by atoms with van der Waals surface area (Å²) >= 11 is 0. The van der Waals surface area contributed by atoms with E-state index in [2.05, 4.69) is 14.7 Å². The van der Waals surface area contributed by atoms with Crippen molar-refractivity contribution >= 4 is 16.0 Å². The van der Waals surface area contributed by atoms with Crippen LogP contribution in [-0.2, 0) is 17.1 Å². The lowest BCUT2D eigenvalue weighted by Gasteiger charge is -2.10. The molecule has 0 bridgehead atoms. The molecular weight excluding hydrogens is 284 g/mol. The maximum Gasteiger partial charge on any atom is 0.352 e. The molecule has 0 aliphatic rings. The zero-order valence-corrected chi connectivity index (χ0v) is 11.7. The highest BCUT2D eigenvalue weighted by Gasteiger charge is 2.23. The number of nitrogens with one attached hydrogen (secondary N) is 2.